The standard InChI is InChI=1S/C27H40BrN3O3S/c1-6-7-10-18-15-29-14-13-19(18)21(17(2)28)16-30-26(33)31-24-23(25(32)34-27(3,4)5)20-11-8-9-12-22(20)35-24/h29H,6-16H2,1-5H3,(H2,30,31,33)/b21-17+. The van der Waals surface area contributed by atoms with E-state index in [1.54, 1.807) is 0 Å². The molecule has 35 heavy (non-hydrogen) atoms. The molecule has 0 bridgehead atoms. The fourth-order valence-electron chi connectivity index (χ4n) is 4.68. The van der Waals surface area contributed by atoms with Crippen molar-refractivity contribution < 1.29 is 14.3 Å². The van der Waals surface area contributed by atoms with Gasteiger partial charge in [-0.2, -0.15) is 0 Å². The number of urea groups is 1. The van der Waals surface area contributed by atoms with E-state index in [9.17, 15) is 9.59 Å². The first-order chi connectivity index (χ1) is 16.6. The lowest BCUT2D eigenvalue weighted by molar-refractivity contribution is 0.00699. The summed E-state index contributed by atoms with van der Waals surface area (Å²) in [5, 5.41) is 10.1. The van der Waals surface area contributed by atoms with Crippen molar-refractivity contribution in [3.8, 4) is 0 Å². The number of halogens is 1. The molecule has 1 aliphatic heterocycles. The first-order valence-electron chi connectivity index (χ1n) is 12.8. The highest BCUT2D eigenvalue weighted by molar-refractivity contribution is 9.11. The van der Waals surface area contributed by atoms with Gasteiger partial charge in [0.2, 0.25) is 0 Å². The van der Waals surface area contributed by atoms with E-state index in [0.29, 0.717) is 17.1 Å². The minimum atomic E-state index is -0.592. The van der Waals surface area contributed by atoms with Gasteiger partial charge in [0, 0.05) is 18.0 Å². The van der Waals surface area contributed by atoms with Gasteiger partial charge in [-0.3, -0.25) is 5.32 Å². The van der Waals surface area contributed by atoms with Crippen molar-refractivity contribution in [3.63, 3.8) is 0 Å². The van der Waals surface area contributed by atoms with Crippen LogP contribution in [0.5, 0.6) is 0 Å². The number of carbonyl (C=O) groups excluding carboxylic acids is 2. The molecule has 6 nitrogen and oxygen atoms in total. The Labute approximate surface area is 222 Å². The van der Waals surface area contributed by atoms with Gasteiger partial charge >= 0.3 is 12.0 Å². The van der Waals surface area contributed by atoms with E-state index in [0.717, 1.165) is 73.7 Å². The number of hydrogen-bond acceptors (Lipinski definition) is 5. The van der Waals surface area contributed by atoms with Crippen molar-refractivity contribution in [2.75, 3.05) is 25.0 Å². The molecule has 2 amide bonds. The summed E-state index contributed by atoms with van der Waals surface area (Å²) < 4.78 is 6.74. The van der Waals surface area contributed by atoms with E-state index in [-0.39, 0.29) is 12.0 Å². The van der Waals surface area contributed by atoms with Gasteiger partial charge in [0.15, 0.2) is 0 Å². The number of ether oxygens (including phenoxy) is 1. The summed E-state index contributed by atoms with van der Waals surface area (Å²) in [5.41, 5.74) is 4.92. The van der Waals surface area contributed by atoms with Crippen LogP contribution < -0.4 is 16.0 Å². The summed E-state index contributed by atoms with van der Waals surface area (Å²) in [6.45, 7) is 12.1. The molecule has 194 valence electrons. The molecular formula is C27H40BrN3O3S. The van der Waals surface area contributed by atoms with Gasteiger partial charge in [0.05, 0.1) is 5.56 Å². The molecule has 0 fully saturated rings. The molecule has 3 N–H and O–H groups in total. The van der Waals surface area contributed by atoms with Crippen LogP contribution in [-0.2, 0) is 17.6 Å². The number of hydrogen-bond donors (Lipinski definition) is 3. The van der Waals surface area contributed by atoms with Crippen LogP contribution in [0.4, 0.5) is 9.80 Å². The van der Waals surface area contributed by atoms with Gasteiger partial charge in [-0.25, -0.2) is 9.59 Å². The van der Waals surface area contributed by atoms with Crippen LogP contribution >= 0.6 is 27.3 Å². The second-order valence-electron chi connectivity index (χ2n) is 10.3. The molecule has 8 heteroatoms. The fourth-order valence-corrected chi connectivity index (χ4v) is 6.33. The number of aryl methyl sites for hydroxylation is 1. The number of carbonyl (C=O) groups is 2. The highest BCUT2D eigenvalue weighted by Crippen LogP contribution is 2.39. The van der Waals surface area contributed by atoms with E-state index in [4.69, 9.17) is 4.74 Å². The van der Waals surface area contributed by atoms with Gasteiger partial charge in [-0.15, -0.1) is 11.3 Å². The minimum absolute atomic E-state index is 0.302. The van der Waals surface area contributed by atoms with Crippen molar-refractivity contribution >= 4 is 44.3 Å². The Balaban J connectivity index is 1.76. The van der Waals surface area contributed by atoms with E-state index in [2.05, 4.69) is 38.8 Å². The Morgan fingerprint density at radius 2 is 1.91 bits per heavy atom. The van der Waals surface area contributed by atoms with Crippen molar-refractivity contribution in [1.82, 2.24) is 10.6 Å². The number of thiophene rings is 1. The van der Waals surface area contributed by atoms with Gasteiger partial charge < -0.3 is 15.4 Å². The number of esters is 1. The van der Waals surface area contributed by atoms with Crippen molar-refractivity contribution in [1.29, 1.82) is 0 Å². The topological polar surface area (TPSA) is 79.5 Å². The number of amides is 2. The zero-order valence-electron chi connectivity index (χ0n) is 21.8. The number of anilines is 1. The zero-order valence-corrected chi connectivity index (χ0v) is 24.2. The van der Waals surface area contributed by atoms with Gasteiger partial charge in [0.1, 0.15) is 10.6 Å². The monoisotopic (exact) mass is 565 g/mol. The average Bonchev–Trinajstić information content (AvgIpc) is 3.15. The maximum atomic E-state index is 13.1. The summed E-state index contributed by atoms with van der Waals surface area (Å²) in [5.74, 6) is -0.357. The highest BCUT2D eigenvalue weighted by atomic mass is 79.9. The lowest BCUT2D eigenvalue weighted by Gasteiger charge is -2.25. The van der Waals surface area contributed by atoms with E-state index in [1.165, 1.54) is 33.8 Å². The Morgan fingerprint density at radius 3 is 2.60 bits per heavy atom. The van der Waals surface area contributed by atoms with Gasteiger partial charge in [-0.05, 0) is 100 Å². The van der Waals surface area contributed by atoms with E-state index >= 15 is 0 Å². The smallest absolute Gasteiger partial charge is 0.341 e. The molecule has 0 radical (unpaired) electrons. The average molecular weight is 567 g/mol. The van der Waals surface area contributed by atoms with Crippen molar-refractivity contribution in [2.45, 2.75) is 91.6 Å². The van der Waals surface area contributed by atoms with Crippen molar-refractivity contribution in [3.05, 3.63) is 37.2 Å². The van der Waals surface area contributed by atoms with Crippen LogP contribution in [0.1, 0.15) is 93.9 Å². The zero-order chi connectivity index (χ0) is 25.6. The third-order valence-electron chi connectivity index (χ3n) is 6.36. The number of fused-ring (bicyclic) bond motifs is 1. The third-order valence-corrected chi connectivity index (χ3v) is 8.04. The predicted molar refractivity (Wildman–Crippen MR) is 149 cm³/mol. The van der Waals surface area contributed by atoms with Crippen molar-refractivity contribution in [2.24, 2.45) is 0 Å². The largest absolute Gasteiger partial charge is 0.456 e. The summed E-state index contributed by atoms with van der Waals surface area (Å²) >= 11 is 5.19. The molecular weight excluding hydrogens is 526 g/mol. The number of allylic oxidation sites excluding steroid dienone is 1. The lowest BCUT2D eigenvalue weighted by Crippen LogP contribution is -2.33. The maximum Gasteiger partial charge on any atom is 0.341 e. The Kier molecular flexibility index (Phi) is 10.0. The van der Waals surface area contributed by atoms with Crippen LogP contribution in [0.15, 0.2) is 21.2 Å². The molecule has 1 aromatic heterocycles. The second kappa shape index (κ2) is 12.5. The molecule has 0 atom stereocenters. The first-order valence-corrected chi connectivity index (χ1v) is 14.4. The van der Waals surface area contributed by atoms with E-state index < -0.39 is 5.60 Å². The Bertz CT molecular complexity index is 1000. The number of unbranched alkanes of at least 4 members (excludes halogenated alkanes) is 1. The lowest BCUT2D eigenvalue weighted by atomic mass is 9.91. The Hall–Kier alpha value is -1.64. The van der Waals surface area contributed by atoms with Gasteiger partial charge in [-0.1, -0.05) is 34.8 Å². The van der Waals surface area contributed by atoms with Gasteiger partial charge in [0.25, 0.3) is 0 Å². The van der Waals surface area contributed by atoms with Crippen LogP contribution in [0.25, 0.3) is 0 Å². The molecule has 2 heterocycles. The summed E-state index contributed by atoms with van der Waals surface area (Å²) in [6.07, 6.45) is 8.31. The molecule has 0 unspecified atom stereocenters. The molecule has 0 saturated heterocycles. The summed E-state index contributed by atoms with van der Waals surface area (Å²) in [7, 11) is 0. The molecule has 1 aliphatic carbocycles. The fraction of sp³-hybridized carbons (Fsp3) is 0.630. The predicted octanol–water partition coefficient (Wildman–Crippen LogP) is 6.85. The summed E-state index contributed by atoms with van der Waals surface area (Å²) in [4.78, 5) is 27.3. The SMILES string of the molecule is CCCCC1=C(/C(CNC(=O)Nc2sc3c(c2C(=O)OC(C)(C)C)CCCC3)=C(\C)Br)CCNC1. The molecule has 0 saturated carbocycles. The minimum Gasteiger partial charge on any atom is -0.456 e. The van der Waals surface area contributed by atoms with Crippen LogP contribution in [0, 0.1) is 0 Å². The number of rotatable bonds is 8. The summed E-state index contributed by atoms with van der Waals surface area (Å²) in [6, 6.07) is -0.302. The first kappa shape index (κ1) is 27.9. The highest BCUT2D eigenvalue weighted by Gasteiger charge is 2.30. The Morgan fingerprint density at radius 1 is 1.17 bits per heavy atom. The quantitative estimate of drug-likeness (QED) is 0.301. The molecule has 0 aromatic carbocycles. The molecule has 3 rings (SSSR count). The normalized spacial score (nSPS) is 17.0. The molecule has 1 aromatic rings. The molecule has 2 aliphatic rings. The molecule has 0 spiro atoms. The van der Waals surface area contributed by atoms with Crippen LogP contribution in [0.2, 0.25) is 0 Å². The number of nitrogens with one attached hydrogen (secondary N) is 3. The van der Waals surface area contributed by atoms with Crippen LogP contribution in [-0.4, -0.2) is 37.2 Å². The second-order valence-corrected chi connectivity index (χ2v) is 12.6. The van der Waals surface area contributed by atoms with Crippen LogP contribution in [0.3, 0.4) is 0 Å². The third kappa shape index (κ3) is 7.67. The maximum absolute atomic E-state index is 13.1. The van der Waals surface area contributed by atoms with E-state index in [1.807, 2.05) is 27.7 Å².